The number of anilines is 2. The van der Waals surface area contributed by atoms with Gasteiger partial charge >= 0.3 is 6.03 Å². The second kappa shape index (κ2) is 7.37. The molecule has 0 spiro atoms. The summed E-state index contributed by atoms with van der Waals surface area (Å²) in [5.74, 6) is 0.791. The van der Waals surface area contributed by atoms with Gasteiger partial charge in [0.25, 0.3) is 0 Å². The van der Waals surface area contributed by atoms with Crippen LogP contribution in [0.2, 0.25) is 0 Å². The second-order valence-corrected chi connectivity index (χ2v) is 6.27. The van der Waals surface area contributed by atoms with Crippen molar-refractivity contribution in [1.82, 2.24) is 4.98 Å². The molecule has 2 amide bonds. The highest BCUT2D eigenvalue weighted by molar-refractivity contribution is 7.80. The lowest BCUT2D eigenvalue weighted by Gasteiger charge is -2.05. The Labute approximate surface area is 149 Å². The first-order valence-corrected chi connectivity index (χ1v) is 8.44. The highest BCUT2D eigenvalue weighted by atomic mass is 32.1. The number of nitrogens with zero attached hydrogens (tertiary/aromatic N) is 1. The molecule has 122 valence electrons. The molecule has 7 heteroatoms. The normalized spacial score (nSPS) is 10.2. The molecule has 2 aromatic carbocycles. The van der Waals surface area contributed by atoms with Gasteiger partial charge in [-0.05, 0) is 48.5 Å². The molecule has 0 aliphatic heterocycles. The van der Waals surface area contributed by atoms with Crippen LogP contribution in [0.1, 0.15) is 0 Å². The van der Waals surface area contributed by atoms with Gasteiger partial charge in [0, 0.05) is 21.5 Å². The third-order valence-electron chi connectivity index (χ3n) is 3.24. The van der Waals surface area contributed by atoms with E-state index in [1.165, 1.54) is 11.3 Å². The molecule has 0 unspecified atom stereocenters. The van der Waals surface area contributed by atoms with E-state index in [1.54, 1.807) is 19.2 Å². The minimum Gasteiger partial charge on any atom is -0.497 e. The average Bonchev–Trinajstić information content (AvgIpc) is 3.05. The Kier molecular flexibility index (Phi) is 5.02. The predicted octanol–water partition coefficient (Wildman–Crippen LogP) is 4.75. The fourth-order valence-corrected chi connectivity index (χ4v) is 2.89. The molecule has 0 aliphatic carbocycles. The third-order valence-corrected chi connectivity index (χ3v) is 4.29. The summed E-state index contributed by atoms with van der Waals surface area (Å²) >= 11 is 5.58. The number of aromatic nitrogens is 1. The molecule has 1 aromatic heterocycles. The highest BCUT2D eigenvalue weighted by Gasteiger charge is 2.08. The lowest BCUT2D eigenvalue weighted by molar-refractivity contribution is 0.262. The predicted molar refractivity (Wildman–Crippen MR) is 100 cm³/mol. The van der Waals surface area contributed by atoms with Gasteiger partial charge in [0.1, 0.15) is 5.75 Å². The molecule has 2 N–H and O–H groups in total. The number of carbonyl (C=O) groups is 1. The van der Waals surface area contributed by atoms with Gasteiger partial charge in [-0.15, -0.1) is 24.0 Å². The van der Waals surface area contributed by atoms with Gasteiger partial charge in [0.05, 0.1) is 12.8 Å². The molecule has 24 heavy (non-hydrogen) atoms. The average molecular weight is 357 g/mol. The highest BCUT2D eigenvalue weighted by Crippen LogP contribution is 2.26. The molecule has 5 nitrogen and oxygen atoms in total. The summed E-state index contributed by atoms with van der Waals surface area (Å²) in [4.78, 5) is 17.3. The van der Waals surface area contributed by atoms with E-state index in [9.17, 15) is 4.79 Å². The zero-order chi connectivity index (χ0) is 16.9. The molecular formula is C17H15N3O2S2. The maximum atomic E-state index is 12.0. The number of methoxy groups -OCH3 is 1. The van der Waals surface area contributed by atoms with Crippen molar-refractivity contribution in [2.24, 2.45) is 0 Å². The van der Waals surface area contributed by atoms with Crippen LogP contribution in [-0.4, -0.2) is 18.1 Å². The molecule has 0 atom stereocenters. The van der Waals surface area contributed by atoms with Crippen LogP contribution in [0.25, 0.3) is 11.3 Å². The second-order valence-electron chi connectivity index (χ2n) is 4.89. The number of benzene rings is 2. The van der Waals surface area contributed by atoms with Crippen LogP contribution in [0.5, 0.6) is 5.75 Å². The SMILES string of the molecule is COc1ccc(-c2csc(NC(=O)Nc3ccc(S)cc3)n2)cc1. The number of rotatable bonds is 4. The number of hydrogen-bond acceptors (Lipinski definition) is 5. The molecule has 0 saturated heterocycles. The van der Waals surface area contributed by atoms with Crippen molar-refractivity contribution >= 4 is 40.8 Å². The Morgan fingerprint density at radius 3 is 2.46 bits per heavy atom. The van der Waals surface area contributed by atoms with Gasteiger partial charge in [0.15, 0.2) is 5.13 Å². The smallest absolute Gasteiger partial charge is 0.325 e. The van der Waals surface area contributed by atoms with Crippen molar-refractivity contribution in [1.29, 1.82) is 0 Å². The number of carbonyl (C=O) groups excluding carboxylic acids is 1. The summed E-state index contributed by atoms with van der Waals surface area (Å²) in [5.41, 5.74) is 2.46. The van der Waals surface area contributed by atoms with Crippen LogP contribution in [-0.2, 0) is 0 Å². The zero-order valence-electron chi connectivity index (χ0n) is 12.8. The topological polar surface area (TPSA) is 63.2 Å². The molecule has 0 aliphatic rings. The van der Waals surface area contributed by atoms with E-state index in [0.29, 0.717) is 10.8 Å². The van der Waals surface area contributed by atoms with E-state index in [-0.39, 0.29) is 6.03 Å². The molecule has 0 saturated carbocycles. The minimum atomic E-state index is -0.336. The molecule has 1 heterocycles. The van der Waals surface area contributed by atoms with Crippen molar-refractivity contribution in [2.45, 2.75) is 4.90 Å². The van der Waals surface area contributed by atoms with Crippen LogP contribution >= 0.6 is 24.0 Å². The Balaban J connectivity index is 1.64. The Morgan fingerprint density at radius 2 is 1.79 bits per heavy atom. The first kappa shape index (κ1) is 16.4. The molecule has 0 fully saturated rings. The van der Waals surface area contributed by atoms with Crippen molar-refractivity contribution in [3.8, 4) is 17.0 Å². The summed E-state index contributed by atoms with van der Waals surface area (Å²) < 4.78 is 5.14. The maximum absolute atomic E-state index is 12.0. The summed E-state index contributed by atoms with van der Waals surface area (Å²) in [6.07, 6.45) is 0. The Morgan fingerprint density at radius 1 is 1.08 bits per heavy atom. The molecular weight excluding hydrogens is 342 g/mol. The number of hydrogen-bond donors (Lipinski definition) is 3. The van der Waals surface area contributed by atoms with Crippen molar-refractivity contribution < 1.29 is 9.53 Å². The summed E-state index contributed by atoms with van der Waals surface area (Å²) in [6, 6.07) is 14.5. The van der Waals surface area contributed by atoms with Crippen LogP contribution in [0.3, 0.4) is 0 Å². The standard InChI is InChI=1S/C17H15N3O2S2/c1-22-13-6-2-11(3-7-13)15-10-24-17(19-15)20-16(21)18-12-4-8-14(23)9-5-12/h2-10,23H,1H3,(H2,18,19,20,21). The number of thiazole rings is 1. The molecule has 0 radical (unpaired) electrons. The van der Waals surface area contributed by atoms with E-state index in [0.717, 1.165) is 21.9 Å². The minimum absolute atomic E-state index is 0.336. The number of ether oxygens (including phenoxy) is 1. The quantitative estimate of drug-likeness (QED) is 0.590. The van der Waals surface area contributed by atoms with Gasteiger partial charge in [-0.25, -0.2) is 9.78 Å². The van der Waals surface area contributed by atoms with Gasteiger partial charge in [0.2, 0.25) is 0 Å². The summed E-state index contributed by atoms with van der Waals surface area (Å²) in [6.45, 7) is 0. The molecule has 0 bridgehead atoms. The van der Waals surface area contributed by atoms with Gasteiger partial charge in [-0.1, -0.05) is 0 Å². The first-order valence-electron chi connectivity index (χ1n) is 7.11. The van der Waals surface area contributed by atoms with E-state index >= 15 is 0 Å². The van der Waals surface area contributed by atoms with Crippen LogP contribution in [0.4, 0.5) is 15.6 Å². The molecule has 3 rings (SSSR count). The lowest BCUT2D eigenvalue weighted by atomic mass is 10.2. The van der Waals surface area contributed by atoms with E-state index < -0.39 is 0 Å². The Hall–Kier alpha value is -2.51. The number of amides is 2. The van der Waals surface area contributed by atoms with Crippen molar-refractivity contribution in [3.05, 3.63) is 53.9 Å². The maximum Gasteiger partial charge on any atom is 0.325 e. The van der Waals surface area contributed by atoms with E-state index in [2.05, 4.69) is 28.2 Å². The fourth-order valence-electron chi connectivity index (χ4n) is 2.03. The van der Waals surface area contributed by atoms with Gasteiger partial charge in [-0.2, -0.15) is 0 Å². The van der Waals surface area contributed by atoms with Gasteiger partial charge < -0.3 is 10.1 Å². The largest absolute Gasteiger partial charge is 0.497 e. The van der Waals surface area contributed by atoms with Crippen molar-refractivity contribution in [2.75, 3.05) is 17.7 Å². The van der Waals surface area contributed by atoms with Crippen LogP contribution in [0.15, 0.2) is 58.8 Å². The van der Waals surface area contributed by atoms with Gasteiger partial charge in [-0.3, -0.25) is 5.32 Å². The fraction of sp³-hybridized carbons (Fsp3) is 0.0588. The van der Waals surface area contributed by atoms with Crippen LogP contribution in [0, 0.1) is 0 Å². The summed E-state index contributed by atoms with van der Waals surface area (Å²) in [5, 5.41) is 7.91. The zero-order valence-corrected chi connectivity index (χ0v) is 14.5. The molecule has 3 aromatic rings. The lowest BCUT2D eigenvalue weighted by Crippen LogP contribution is -2.19. The number of thiol groups is 1. The van der Waals surface area contributed by atoms with Crippen molar-refractivity contribution in [3.63, 3.8) is 0 Å². The number of nitrogens with one attached hydrogen (secondary N) is 2. The van der Waals surface area contributed by atoms with E-state index in [1.807, 2.05) is 41.8 Å². The van der Waals surface area contributed by atoms with Crippen LogP contribution < -0.4 is 15.4 Å². The van der Waals surface area contributed by atoms with E-state index in [4.69, 9.17) is 4.74 Å². The number of urea groups is 1. The third kappa shape index (κ3) is 4.06. The monoisotopic (exact) mass is 357 g/mol. The first-order chi connectivity index (χ1) is 11.6. The summed E-state index contributed by atoms with van der Waals surface area (Å²) in [7, 11) is 1.63. The Bertz CT molecular complexity index is 830.